The highest BCUT2D eigenvalue weighted by molar-refractivity contribution is 5.51. The van der Waals surface area contributed by atoms with E-state index >= 15 is 0 Å². The first-order chi connectivity index (χ1) is 11.8. The van der Waals surface area contributed by atoms with Gasteiger partial charge in [0.1, 0.15) is 5.82 Å². The van der Waals surface area contributed by atoms with Gasteiger partial charge in [0.2, 0.25) is 5.95 Å². The van der Waals surface area contributed by atoms with Crippen molar-refractivity contribution in [3.63, 3.8) is 0 Å². The fourth-order valence-corrected chi connectivity index (χ4v) is 2.97. The highest BCUT2D eigenvalue weighted by Gasteiger charge is 2.24. The van der Waals surface area contributed by atoms with Crippen molar-refractivity contribution in [1.82, 2.24) is 19.6 Å². The van der Waals surface area contributed by atoms with Crippen LogP contribution in [0.25, 0.3) is 5.65 Å². The van der Waals surface area contributed by atoms with Gasteiger partial charge in [-0.05, 0) is 37.2 Å². The number of anilines is 1. The van der Waals surface area contributed by atoms with E-state index in [1.807, 2.05) is 16.8 Å². The predicted molar refractivity (Wildman–Crippen MR) is 95.0 cm³/mol. The Bertz CT molecular complexity index is 820. The monoisotopic (exact) mass is 321 g/mol. The van der Waals surface area contributed by atoms with Crippen LogP contribution in [0.4, 0.5) is 5.95 Å². The Morgan fingerprint density at radius 1 is 1.17 bits per heavy atom. The zero-order valence-corrected chi connectivity index (χ0v) is 14.1. The minimum absolute atomic E-state index is 0.732. The molecule has 3 aromatic rings. The van der Waals surface area contributed by atoms with Crippen LogP contribution in [0.2, 0.25) is 0 Å². The SMILES string of the molecule is CCCc1nc(NCc2ccccc2)n2ncc(CC3CC3)c2n1. The van der Waals surface area contributed by atoms with Gasteiger partial charge < -0.3 is 5.32 Å². The number of nitrogens with zero attached hydrogens (tertiary/aromatic N) is 4. The average Bonchev–Trinajstić information content (AvgIpc) is 3.34. The van der Waals surface area contributed by atoms with Crippen LogP contribution in [0.15, 0.2) is 36.5 Å². The molecule has 0 spiro atoms. The summed E-state index contributed by atoms with van der Waals surface area (Å²) in [5.41, 5.74) is 3.45. The van der Waals surface area contributed by atoms with Crippen LogP contribution in [0.5, 0.6) is 0 Å². The molecule has 1 N–H and O–H groups in total. The van der Waals surface area contributed by atoms with Gasteiger partial charge in [-0.25, -0.2) is 4.98 Å². The zero-order chi connectivity index (χ0) is 16.4. The lowest BCUT2D eigenvalue weighted by Crippen LogP contribution is -2.11. The van der Waals surface area contributed by atoms with Crippen molar-refractivity contribution in [1.29, 1.82) is 0 Å². The molecule has 5 nitrogen and oxygen atoms in total. The quantitative estimate of drug-likeness (QED) is 0.722. The van der Waals surface area contributed by atoms with E-state index < -0.39 is 0 Å². The number of benzene rings is 1. The van der Waals surface area contributed by atoms with E-state index in [1.165, 1.54) is 24.0 Å². The Labute approximate surface area is 142 Å². The normalized spacial score (nSPS) is 14.2. The van der Waals surface area contributed by atoms with Crippen LogP contribution in [-0.2, 0) is 19.4 Å². The molecule has 0 amide bonds. The van der Waals surface area contributed by atoms with Gasteiger partial charge in [0.25, 0.3) is 0 Å². The summed E-state index contributed by atoms with van der Waals surface area (Å²) in [7, 11) is 0. The first-order valence-electron chi connectivity index (χ1n) is 8.85. The van der Waals surface area contributed by atoms with Crippen LogP contribution < -0.4 is 5.32 Å². The Morgan fingerprint density at radius 3 is 2.75 bits per heavy atom. The Balaban J connectivity index is 1.65. The highest BCUT2D eigenvalue weighted by Crippen LogP contribution is 2.33. The van der Waals surface area contributed by atoms with Crippen molar-refractivity contribution >= 4 is 11.6 Å². The van der Waals surface area contributed by atoms with Crippen molar-refractivity contribution in [3.8, 4) is 0 Å². The van der Waals surface area contributed by atoms with Crippen molar-refractivity contribution in [2.75, 3.05) is 5.32 Å². The summed E-state index contributed by atoms with van der Waals surface area (Å²) in [6.07, 6.45) is 7.66. The molecule has 1 fully saturated rings. The summed E-state index contributed by atoms with van der Waals surface area (Å²) in [6.45, 7) is 2.89. The maximum absolute atomic E-state index is 4.77. The van der Waals surface area contributed by atoms with Gasteiger partial charge in [0, 0.05) is 18.5 Å². The lowest BCUT2D eigenvalue weighted by atomic mass is 10.2. The largest absolute Gasteiger partial charge is 0.350 e. The third-order valence-corrected chi connectivity index (χ3v) is 4.46. The summed E-state index contributed by atoms with van der Waals surface area (Å²) in [4.78, 5) is 9.46. The summed E-state index contributed by atoms with van der Waals surface area (Å²) in [5.74, 6) is 2.51. The number of fused-ring (bicyclic) bond motifs is 1. The van der Waals surface area contributed by atoms with Crippen LogP contribution in [0.3, 0.4) is 0 Å². The van der Waals surface area contributed by atoms with Gasteiger partial charge in [-0.1, -0.05) is 37.3 Å². The van der Waals surface area contributed by atoms with Crippen molar-refractivity contribution in [2.24, 2.45) is 5.92 Å². The topological polar surface area (TPSA) is 55.1 Å². The Hall–Kier alpha value is -2.43. The van der Waals surface area contributed by atoms with Crippen LogP contribution in [0, 0.1) is 5.92 Å². The van der Waals surface area contributed by atoms with Gasteiger partial charge in [-0.15, -0.1) is 0 Å². The highest BCUT2D eigenvalue weighted by atomic mass is 15.3. The molecule has 0 bridgehead atoms. The summed E-state index contributed by atoms with van der Waals surface area (Å²) in [5, 5.41) is 7.98. The van der Waals surface area contributed by atoms with Gasteiger partial charge in [0.15, 0.2) is 5.65 Å². The standard InChI is InChI=1S/C19H23N5/c1-2-6-17-22-18-16(11-14-9-10-14)13-21-24(18)19(23-17)20-12-15-7-4-3-5-8-15/h3-5,7-8,13-14H,2,6,9-12H2,1H3,(H,20,22,23). The molecule has 0 atom stereocenters. The molecule has 4 rings (SSSR count). The minimum Gasteiger partial charge on any atom is -0.350 e. The number of hydrogen-bond acceptors (Lipinski definition) is 4. The van der Waals surface area contributed by atoms with E-state index in [0.717, 1.165) is 49.1 Å². The van der Waals surface area contributed by atoms with E-state index in [4.69, 9.17) is 9.97 Å². The lowest BCUT2D eigenvalue weighted by Gasteiger charge is -2.10. The molecule has 1 saturated carbocycles. The van der Waals surface area contributed by atoms with Crippen LogP contribution in [0.1, 0.15) is 43.1 Å². The first kappa shape index (κ1) is 15.1. The van der Waals surface area contributed by atoms with E-state index in [1.54, 1.807) is 0 Å². The van der Waals surface area contributed by atoms with E-state index in [9.17, 15) is 0 Å². The van der Waals surface area contributed by atoms with Gasteiger partial charge >= 0.3 is 0 Å². The number of aromatic nitrogens is 4. The lowest BCUT2D eigenvalue weighted by molar-refractivity contribution is 0.790. The minimum atomic E-state index is 0.732. The molecule has 0 aliphatic heterocycles. The molecule has 0 radical (unpaired) electrons. The number of hydrogen-bond donors (Lipinski definition) is 1. The molecular weight excluding hydrogens is 298 g/mol. The molecule has 2 heterocycles. The Morgan fingerprint density at radius 2 is 2.00 bits per heavy atom. The first-order valence-corrected chi connectivity index (χ1v) is 8.85. The fraction of sp³-hybridized carbons (Fsp3) is 0.421. The summed E-state index contributed by atoms with van der Waals surface area (Å²) in [6, 6.07) is 10.4. The van der Waals surface area contributed by atoms with Crippen molar-refractivity contribution in [3.05, 3.63) is 53.5 Å². The van der Waals surface area contributed by atoms with Crippen LogP contribution in [-0.4, -0.2) is 19.6 Å². The molecule has 0 unspecified atom stereocenters. The zero-order valence-electron chi connectivity index (χ0n) is 14.1. The van der Waals surface area contributed by atoms with E-state index in [0.29, 0.717) is 0 Å². The molecule has 124 valence electrons. The second-order valence-electron chi connectivity index (χ2n) is 6.61. The van der Waals surface area contributed by atoms with E-state index in [2.05, 4.69) is 41.6 Å². The summed E-state index contributed by atoms with van der Waals surface area (Å²) >= 11 is 0. The van der Waals surface area contributed by atoms with Gasteiger partial charge in [0.05, 0.1) is 6.20 Å². The Kier molecular flexibility index (Phi) is 4.15. The number of aryl methyl sites for hydroxylation is 1. The molecular formula is C19H23N5. The third kappa shape index (κ3) is 3.25. The molecule has 24 heavy (non-hydrogen) atoms. The van der Waals surface area contributed by atoms with Crippen molar-refractivity contribution < 1.29 is 0 Å². The summed E-state index contributed by atoms with van der Waals surface area (Å²) < 4.78 is 1.86. The third-order valence-electron chi connectivity index (χ3n) is 4.46. The van der Waals surface area contributed by atoms with Gasteiger partial charge in [-0.2, -0.15) is 14.6 Å². The molecule has 1 aromatic carbocycles. The van der Waals surface area contributed by atoms with Gasteiger partial charge in [-0.3, -0.25) is 0 Å². The maximum atomic E-state index is 4.77. The molecule has 5 heteroatoms. The fourth-order valence-electron chi connectivity index (χ4n) is 2.97. The number of rotatable bonds is 7. The number of nitrogens with one attached hydrogen (secondary N) is 1. The molecule has 1 aliphatic carbocycles. The second kappa shape index (κ2) is 6.59. The predicted octanol–water partition coefficient (Wildman–Crippen LogP) is 3.64. The van der Waals surface area contributed by atoms with E-state index in [-0.39, 0.29) is 0 Å². The molecule has 0 saturated heterocycles. The average molecular weight is 321 g/mol. The molecule has 2 aromatic heterocycles. The van der Waals surface area contributed by atoms with Crippen LogP contribution >= 0.6 is 0 Å². The molecule has 1 aliphatic rings. The smallest absolute Gasteiger partial charge is 0.227 e. The maximum Gasteiger partial charge on any atom is 0.227 e. The second-order valence-corrected chi connectivity index (χ2v) is 6.61. The van der Waals surface area contributed by atoms with Crippen molar-refractivity contribution in [2.45, 2.75) is 45.6 Å².